The van der Waals surface area contributed by atoms with Gasteiger partial charge in [0.1, 0.15) is 5.76 Å². The Morgan fingerprint density at radius 2 is 2.17 bits per heavy atom. The van der Waals surface area contributed by atoms with Gasteiger partial charge in [-0.1, -0.05) is 0 Å². The molecule has 0 aliphatic carbocycles. The molecule has 1 atom stereocenters. The molecule has 12 heavy (non-hydrogen) atoms. The Labute approximate surface area is 76.2 Å². The second-order valence-electron chi connectivity index (χ2n) is 2.72. The Bertz CT molecular complexity index is 281. The lowest BCUT2D eigenvalue weighted by Crippen LogP contribution is -2.21. The monoisotopic (exact) mass is 188 g/mol. The molecule has 1 aliphatic rings. The van der Waals surface area contributed by atoms with E-state index in [0.717, 1.165) is 15.9 Å². The Morgan fingerprint density at radius 1 is 1.58 bits per heavy atom. The summed E-state index contributed by atoms with van der Waals surface area (Å²) in [5.41, 5.74) is 0.930. The van der Waals surface area contributed by atoms with E-state index in [1.54, 1.807) is 14.0 Å². The van der Waals surface area contributed by atoms with Crippen molar-refractivity contribution in [3.63, 3.8) is 0 Å². The van der Waals surface area contributed by atoms with E-state index in [4.69, 9.17) is 16.3 Å². The van der Waals surface area contributed by atoms with Gasteiger partial charge in [0.15, 0.2) is 0 Å². The summed E-state index contributed by atoms with van der Waals surface area (Å²) in [6, 6.07) is 0. The maximum atomic E-state index is 11.1. The second kappa shape index (κ2) is 3.27. The quantitative estimate of drug-likeness (QED) is 0.359. The normalized spacial score (nSPS) is 24.2. The van der Waals surface area contributed by atoms with Crippen molar-refractivity contribution >= 4 is 11.6 Å². The molecule has 4 heteroatoms. The van der Waals surface area contributed by atoms with E-state index in [9.17, 15) is 4.91 Å². The highest BCUT2D eigenvalue weighted by Crippen LogP contribution is 2.26. The number of ether oxygens (including phenoxy) is 1. The molecule has 0 amide bonds. The van der Waals surface area contributed by atoms with Crippen molar-refractivity contribution in [2.45, 2.75) is 19.3 Å². The van der Waals surface area contributed by atoms with Crippen LogP contribution in [-0.4, -0.2) is 17.4 Å². The lowest BCUT2D eigenvalue weighted by molar-refractivity contribution is -0.490. The average molecular weight is 189 g/mol. The number of nitroso groups, excluding NO2 is 1. The van der Waals surface area contributed by atoms with Crippen molar-refractivity contribution in [3.05, 3.63) is 28.0 Å². The molecule has 0 radical (unpaired) electrons. The fourth-order valence-corrected chi connectivity index (χ4v) is 1.40. The van der Waals surface area contributed by atoms with Crippen molar-refractivity contribution < 1.29 is 9.50 Å². The summed E-state index contributed by atoms with van der Waals surface area (Å²) < 4.78 is 5.81. The van der Waals surface area contributed by atoms with E-state index >= 15 is 0 Å². The van der Waals surface area contributed by atoms with Crippen LogP contribution in [0.1, 0.15) is 13.8 Å². The third-order valence-corrected chi connectivity index (χ3v) is 2.34. The van der Waals surface area contributed by atoms with Gasteiger partial charge in [-0.25, -0.2) is 0 Å². The molecule has 0 aromatic rings. The molecule has 0 aromatic heterocycles. The van der Waals surface area contributed by atoms with Gasteiger partial charge in [0, 0.05) is 4.91 Å². The second-order valence-corrected chi connectivity index (χ2v) is 3.14. The van der Waals surface area contributed by atoms with Crippen LogP contribution in [0.5, 0.6) is 0 Å². The molecule has 0 fully saturated rings. The number of nitrogens with zero attached hydrogens (tertiary/aromatic N) is 1. The van der Waals surface area contributed by atoms with Gasteiger partial charge in [-0.3, -0.25) is 0 Å². The summed E-state index contributed by atoms with van der Waals surface area (Å²) in [5.74, 6) is 0.710. The molecular formula is C8H11ClNO2+. The zero-order valence-electron chi connectivity index (χ0n) is 7.30. The van der Waals surface area contributed by atoms with Crippen molar-refractivity contribution in [1.82, 2.24) is 0 Å². The van der Waals surface area contributed by atoms with E-state index in [1.165, 1.54) is 6.20 Å². The van der Waals surface area contributed by atoms with E-state index in [1.807, 2.05) is 6.92 Å². The van der Waals surface area contributed by atoms with Gasteiger partial charge in [-0.15, -0.1) is 0 Å². The van der Waals surface area contributed by atoms with Crippen LogP contribution in [0, 0.1) is 4.91 Å². The number of halogens is 1. The van der Waals surface area contributed by atoms with Crippen LogP contribution in [0.4, 0.5) is 0 Å². The molecule has 1 rings (SSSR count). The Morgan fingerprint density at radius 3 is 2.67 bits per heavy atom. The highest BCUT2D eigenvalue weighted by Gasteiger charge is 2.31. The highest BCUT2D eigenvalue weighted by atomic mass is 35.5. The molecule has 0 spiro atoms. The van der Waals surface area contributed by atoms with Gasteiger partial charge in [0.2, 0.25) is 6.20 Å². The van der Waals surface area contributed by atoms with Crippen LogP contribution in [0.25, 0.3) is 0 Å². The Hall–Kier alpha value is -0.830. The first-order valence-corrected chi connectivity index (χ1v) is 4.04. The molecule has 0 aromatic carbocycles. The standard InChI is InChI=1S/C8H11ClNO2/c1-5-4-10(11)8(9)6(2)7(5)12-3/h4,8H,1-3H3/q+1. The number of methoxy groups -OCH3 is 1. The summed E-state index contributed by atoms with van der Waals surface area (Å²) in [7, 11) is 1.57. The number of hydrogen-bond donors (Lipinski definition) is 0. The summed E-state index contributed by atoms with van der Waals surface area (Å²) in [6.45, 7) is 3.61. The zero-order valence-corrected chi connectivity index (χ0v) is 8.05. The van der Waals surface area contributed by atoms with Crippen molar-refractivity contribution in [1.29, 1.82) is 0 Å². The molecule has 0 saturated heterocycles. The molecule has 1 heterocycles. The molecule has 66 valence electrons. The first kappa shape index (κ1) is 9.26. The zero-order chi connectivity index (χ0) is 9.30. The molecule has 3 nitrogen and oxygen atoms in total. The lowest BCUT2D eigenvalue weighted by Gasteiger charge is -2.13. The van der Waals surface area contributed by atoms with Crippen LogP contribution in [0.3, 0.4) is 0 Å². The van der Waals surface area contributed by atoms with E-state index in [0.29, 0.717) is 5.76 Å². The maximum Gasteiger partial charge on any atom is 0.305 e. The summed E-state index contributed by atoms with van der Waals surface area (Å²) in [6.07, 6.45) is 1.43. The molecule has 0 bridgehead atoms. The number of rotatable bonds is 1. The van der Waals surface area contributed by atoms with Crippen LogP contribution in [0.2, 0.25) is 0 Å². The van der Waals surface area contributed by atoms with Gasteiger partial charge >= 0.3 is 5.50 Å². The predicted molar refractivity (Wildman–Crippen MR) is 46.7 cm³/mol. The first-order chi connectivity index (χ1) is 5.57. The topological polar surface area (TPSA) is 29.3 Å². The van der Waals surface area contributed by atoms with Gasteiger partial charge in [0.25, 0.3) is 0 Å². The minimum absolute atomic E-state index is 0.636. The Balaban J connectivity index is 3.11. The third kappa shape index (κ3) is 1.37. The molecule has 1 aliphatic heterocycles. The minimum atomic E-state index is -0.636. The van der Waals surface area contributed by atoms with Gasteiger partial charge < -0.3 is 4.74 Å². The van der Waals surface area contributed by atoms with E-state index in [2.05, 4.69) is 0 Å². The lowest BCUT2D eigenvalue weighted by atomic mass is 10.1. The smallest absolute Gasteiger partial charge is 0.305 e. The fourth-order valence-electron chi connectivity index (χ4n) is 1.25. The van der Waals surface area contributed by atoms with Crippen LogP contribution < -0.4 is 0 Å². The SMILES string of the molecule is COC1=C(C)C(Cl)[N+](=O)C=C1C. The average Bonchev–Trinajstić information content (AvgIpc) is 2.01. The molecule has 0 saturated carbocycles. The molecule has 0 N–H and O–H groups in total. The van der Waals surface area contributed by atoms with E-state index in [-0.39, 0.29) is 0 Å². The number of allylic oxidation sites excluding steroid dienone is 1. The van der Waals surface area contributed by atoms with Crippen LogP contribution in [0.15, 0.2) is 23.1 Å². The summed E-state index contributed by atoms with van der Waals surface area (Å²) in [5, 5.41) is 0. The van der Waals surface area contributed by atoms with Crippen molar-refractivity contribution in [3.8, 4) is 0 Å². The first-order valence-electron chi connectivity index (χ1n) is 3.61. The van der Waals surface area contributed by atoms with Crippen molar-refractivity contribution in [2.24, 2.45) is 0 Å². The summed E-state index contributed by atoms with van der Waals surface area (Å²) in [4.78, 5) is 11.1. The van der Waals surface area contributed by atoms with Crippen LogP contribution >= 0.6 is 11.6 Å². The Kier molecular flexibility index (Phi) is 2.52. The molecular weight excluding hydrogens is 178 g/mol. The largest absolute Gasteiger partial charge is 0.496 e. The maximum absolute atomic E-state index is 11.1. The molecule has 1 unspecified atom stereocenters. The van der Waals surface area contributed by atoms with Gasteiger partial charge in [-0.2, -0.15) is 0 Å². The third-order valence-electron chi connectivity index (χ3n) is 1.82. The van der Waals surface area contributed by atoms with Gasteiger partial charge in [0.05, 0.1) is 23.0 Å². The van der Waals surface area contributed by atoms with E-state index < -0.39 is 5.50 Å². The number of hydrogen-bond acceptors (Lipinski definition) is 2. The van der Waals surface area contributed by atoms with Crippen LogP contribution in [-0.2, 0) is 4.74 Å². The summed E-state index contributed by atoms with van der Waals surface area (Å²) >= 11 is 5.79. The van der Waals surface area contributed by atoms with Gasteiger partial charge in [-0.05, 0) is 25.4 Å². The fraction of sp³-hybridized carbons (Fsp3) is 0.500. The number of alkyl halides is 1. The predicted octanol–water partition coefficient (Wildman–Crippen LogP) is 2.17. The van der Waals surface area contributed by atoms with Crippen molar-refractivity contribution in [2.75, 3.05) is 7.11 Å². The highest BCUT2D eigenvalue weighted by molar-refractivity contribution is 6.21. The minimum Gasteiger partial charge on any atom is -0.496 e.